The van der Waals surface area contributed by atoms with Crippen molar-refractivity contribution in [2.45, 2.75) is 6.04 Å². The SMILES string of the molecule is COC(=O)[C@@H]1CS(=O)(=O)CCN1CC(=O)Nc1ccc(Oc2ccccc2)cc1. The first-order valence-corrected chi connectivity index (χ1v) is 10.8. The maximum atomic E-state index is 12.4. The molecule has 1 heterocycles. The highest BCUT2D eigenvalue weighted by atomic mass is 32.2. The first kappa shape index (κ1) is 20.8. The molecular formula is C20H22N2O6S. The Morgan fingerprint density at radius 2 is 1.72 bits per heavy atom. The summed E-state index contributed by atoms with van der Waals surface area (Å²) in [6.07, 6.45) is 0. The van der Waals surface area contributed by atoms with Crippen molar-refractivity contribution in [3.05, 3.63) is 54.6 Å². The third-order valence-electron chi connectivity index (χ3n) is 4.48. The fourth-order valence-electron chi connectivity index (χ4n) is 3.00. The molecule has 2 aromatic carbocycles. The van der Waals surface area contributed by atoms with Crippen molar-refractivity contribution < 1.29 is 27.5 Å². The van der Waals surface area contributed by atoms with Crippen molar-refractivity contribution in [2.75, 3.05) is 37.0 Å². The summed E-state index contributed by atoms with van der Waals surface area (Å²) < 4.78 is 34.0. The number of nitrogens with one attached hydrogen (secondary N) is 1. The van der Waals surface area contributed by atoms with E-state index in [1.807, 2.05) is 30.3 Å². The molecule has 1 amide bonds. The minimum Gasteiger partial charge on any atom is -0.468 e. The van der Waals surface area contributed by atoms with Crippen LogP contribution in [0.4, 0.5) is 5.69 Å². The number of benzene rings is 2. The molecule has 1 N–H and O–H groups in total. The average Bonchev–Trinajstić information content (AvgIpc) is 2.71. The quantitative estimate of drug-likeness (QED) is 0.712. The first-order chi connectivity index (χ1) is 13.9. The van der Waals surface area contributed by atoms with Gasteiger partial charge in [0.15, 0.2) is 9.84 Å². The molecule has 1 aliphatic rings. The van der Waals surface area contributed by atoms with Crippen LogP contribution in [-0.2, 0) is 24.2 Å². The van der Waals surface area contributed by atoms with E-state index in [1.165, 1.54) is 12.0 Å². The average molecular weight is 418 g/mol. The summed E-state index contributed by atoms with van der Waals surface area (Å²) in [6, 6.07) is 15.2. The Balaban J connectivity index is 1.59. The van der Waals surface area contributed by atoms with Crippen LogP contribution >= 0.6 is 0 Å². The van der Waals surface area contributed by atoms with Crippen molar-refractivity contribution in [3.8, 4) is 11.5 Å². The Labute approximate surface area is 169 Å². The van der Waals surface area contributed by atoms with Gasteiger partial charge < -0.3 is 14.8 Å². The van der Waals surface area contributed by atoms with Gasteiger partial charge in [-0.1, -0.05) is 18.2 Å². The molecule has 1 saturated heterocycles. The number of para-hydroxylation sites is 1. The van der Waals surface area contributed by atoms with Crippen LogP contribution in [0.2, 0.25) is 0 Å². The highest BCUT2D eigenvalue weighted by molar-refractivity contribution is 7.91. The Morgan fingerprint density at radius 3 is 2.38 bits per heavy atom. The minimum atomic E-state index is -3.33. The van der Waals surface area contributed by atoms with Crippen LogP contribution in [0.15, 0.2) is 54.6 Å². The number of hydrogen-bond donors (Lipinski definition) is 1. The van der Waals surface area contributed by atoms with E-state index in [0.717, 1.165) is 0 Å². The number of methoxy groups -OCH3 is 1. The zero-order valence-electron chi connectivity index (χ0n) is 15.9. The molecule has 0 bridgehead atoms. The number of ether oxygens (including phenoxy) is 2. The molecule has 1 fully saturated rings. The zero-order valence-corrected chi connectivity index (χ0v) is 16.7. The number of hydrogen-bond acceptors (Lipinski definition) is 7. The molecule has 0 aromatic heterocycles. The van der Waals surface area contributed by atoms with Crippen molar-refractivity contribution in [1.82, 2.24) is 4.90 Å². The highest BCUT2D eigenvalue weighted by Gasteiger charge is 2.37. The van der Waals surface area contributed by atoms with Gasteiger partial charge in [0.2, 0.25) is 5.91 Å². The topological polar surface area (TPSA) is 102 Å². The first-order valence-electron chi connectivity index (χ1n) is 9.01. The van der Waals surface area contributed by atoms with E-state index < -0.39 is 21.8 Å². The maximum absolute atomic E-state index is 12.4. The summed E-state index contributed by atoms with van der Waals surface area (Å²) in [4.78, 5) is 25.8. The predicted octanol–water partition coefficient (Wildman–Crippen LogP) is 1.69. The van der Waals surface area contributed by atoms with Gasteiger partial charge in [0.05, 0.1) is 25.2 Å². The fraction of sp³-hybridized carbons (Fsp3) is 0.300. The summed E-state index contributed by atoms with van der Waals surface area (Å²) in [5.74, 6) is -0.129. The Bertz CT molecular complexity index is 960. The molecule has 8 nitrogen and oxygen atoms in total. The number of rotatable bonds is 6. The molecule has 0 unspecified atom stereocenters. The lowest BCUT2D eigenvalue weighted by Crippen LogP contribution is -2.54. The molecule has 1 aliphatic heterocycles. The van der Waals surface area contributed by atoms with Crippen molar-refractivity contribution in [1.29, 1.82) is 0 Å². The van der Waals surface area contributed by atoms with E-state index in [-0.39, 0.29) is 30.5 Å². The monoisotopic (exact) mass is 418 g/mol. The van der Waals surface area contributed by atoms with Gasteiger partial charge >= 0.3 is 5.97 Å². The molecule has 2 aromatic rings. The van der Waals surface area contributed by atoms with Gasteiger partial charge in [-0.2, -0.15) is 0 Å². The van der Waals surface area contributed by atoms with Gasteiger partial charge in [0, 0.05) is 12.2 Å². The van der Waals surface area contributed by atoms with E-state index >= 15 is 0 Å². The van der Waals surface area contributed by atoms with Crippen LogP contribution in [0.25, 0.3) is 0 Å². The Morgan fingerprint density at radius 1 is 1.07 bits per heavy atom. The zero-order chi connectivity index (χ0) is 20.9. The van der Waals surface area contributed by atoms with Crippen molar-refractivity contribution in [2.24, 2.45) is 0 Å². The van der Waals surface area contributed by atoms with E-state index in [0.29, 0.717) is 17.2 Å². The molecule has 9 heteroatoms. The van der Waals surface area contributed by atoms with Gasteiger partial charge in [-0.15, -0.1) is 0 Å². The molecule has 0 aliphatic carbocycles. The molecule has 29 heavy (non-hydrogen) atoms. The lowest BCUT2D eigenvalue weighted by molar-refractivity contribution is -0.146. The predicted molar refractivity (Wildman–Crippen MR) is 108 cm³/mol. The van der Waals surface area contributed by atoms with Crippen LogP contribution < -0.4 is 10.1 Å². The Hall–Kier alpha value is -2.91. The van der Waals surface area contributed by atoms with Gasteiger partial charge in [-0.25, -0.2) is 8.42 Å². The van der Waals surface area contributed by atoms with Crippen LogP contribution in [0, 0.1) is 0 Å². The summed E-state index contributed by atoms with van der Waals surface area (Å²) in [6.45, 7) is -0.0169. The molecule has 154 valence electrons. The number of sulfone groups is 1. The van der Waals surface area contributed by atoms with Crippen LogP contribution in [0.5, 0.6) is 11.5 Å². The number of carbonyl (C=O) groups is 2. The highest BCUT2D eigenvalue weighted by Crippen LogP contribution is 2.22. The van der Waals surface area contributed by atoms with E-state index in [1.54, 1.807) is 24.3 Å². The van der Waals surface area contributed by atoms with E-state index in [4.69, 9.17) is 4.74 Å². The molecule has 0 spiro atoms. The summed E-state index contributed by atoms with van der Waals surface area (Å²) >= 11 is 0. The lowest BCUT2D eigenvalue weighted by atomic mass is 10.2. The summed E-state index contributed by atoms with van der Waals surface area (Å²) in [5, 5.41) is 2.74. The smallest absolute Gasteiger partial charge is 0.324 e. The van der Waals surface area contributed by atoms with E-state index in [2.05, 4.69) is 10.1 Å². The van der Waals surface area contributed by atoms with Crippen molar-refractivity contribution in [3.63, 3.8) is 0 Å². The second kappa shape index (κ2) is 9.06. The van der Waals surface area contributed by atoms with Crippen LogP contribution in [0.1, 0.15) is 0 Å². The molecular weight excluding hydrogens is 396 g/mol. The van der Waals surface area contributed by atoms with Gasteiger partial charge in [0.1, 0.15) is 17.5 Å². The fourth-order valence-corrected chi connectivity index (χ4v) is 4.51. The number of anilines is 1. The molecule has 3 rings (SSSR count). The largest absolute Gasteiger partial charge is 0.468 e. The van der Waals surface area contributed by atoms with Crippen LogP contribution in [0.3, 0.4) is 0 Å². The standard InChI is InChI=1S/C20H22N2O6S/c1-27-20(24)18-14-29(25,26)12-11-22(18)13-19(23)21-15-7-9-17(10-8-15)28-16-5-3-2-4-6-16/h2-10,18H,11-14H2,1H3,(H,21,23)/t18-/m0/s1. The van der Waals surface area contributed by atoms with Crippen LogP contribution in [-0.4, -0.2) is 62.9 Å². The molecule has 0 saturated carbocycles. The third-order valence-corrected chi connectivity index (χ3v) is 6.11. The number of amides is 1. The molecule has 1 atom stereocenters. The van der Waals surface area contributed by atoms with E-state index in [9.17, 15) is 18.0 Å². The second-order valence-electron chi connectivity index (χ2n) is 6.61. The number of carbonyl (C=O) groups excluding carboxylic acids is 2. The van der Waals surface area contributed by atoms with Gasteiger partial charge in [0.25, 0.3) is 0 Å². The number of esters is 1. The Kier molecular flexibility index (Phi) is 6.50. The molecule has 0 radical (unpaired) electrons. The number of nitrogens with zero attached hydrogens (tertiary/aromatic N) is 1. The second-order valence-corrected chi connectivity index (χ2v) is 8.84. The normalized spacial score (nSPS) is 18.6. The third kappa shape index (κ3) is 5.78. The van der Waals surface area contributed by atoms with Gasteiger partial charge in [-0.05, 0) is 36.4 Å². The minimum absolute atomic E-state index is 0.0966. The lowest BCUT2D eigenvalue weighted by Gasteiger charge is -2.32. The van der Waals surface area contributed by atoms with Gasteiger partial charge in [-0.3, -0.25) is 14.5 Å². The summed E-state index contributed by atoms with van der Waals surface area (Å²) in [5.41, 5.74) is 0.565. The maximum Gasteiger partial charge on any atom is 0.324 e. The summed E-state index contributed by atoms with van der Waals surface area (Å²) in [7, 11) is -2.14. The van der Waals surface area contributed by atoms with Crippen molar-refractivity contribution >= 4 is 27.4 Å².